The molecule has 4 N–H and O–H groups in total. The first-order chi connectivity index (χ1) is 18.6. The highest BCUT2D eigenvalue weighted by Crippen LogP contribution is 2.32. The van der Waals surface area contributed by atoms with Crippen molar-refractivity contribution >= 4 is 17.5 Å². The molecule has 2 aromatic carbocycles. The summed E-state index contributed by atoms with van der Waals surface area (Å²) < 4.78 is 0. The Hall–Kier alpha value is -4.34. The second kappa shape index (κ2) is 11.6. The Bertz CT molecular complexity index is 1370. The molecule has 202 valence electrons. The Morgan fingerprint density at radius 3 is 2.26 bits per heavy atom. The smallest absolute Gasteiger partial charge is 0.277 e. The van der Waals surface area contributed by atoms with Crippen molar-refractivity contribution in [3.63, 3.8) is 0 Å². The number of aliphatic hydroxyl groups excluding tert-OH is 1. The van der Waals surface area contributed by atoms with Crippen LogP contribution in [0.3, 0.4) is 0 Å². The van der Waals surface area contributed by atoms with Crippen molar-refractivity contribution in [2.75, 3.05) is 11.5 Å². The largest absolute Gasteiger partial charge is 0.391 e. The van der Waals surface area contributed by atoms with Crippen molar-refractivity contribution in [3.8, 4) is 0 Å². The van der Waals surface area contributed by atoms with E-state index in [1.807, 2.05) is 18.2 Å². The van der Waals surface area contributed by atoms with Crippen LogP contribution in [-0.2, 0) is 16.6 Å². The SMILES string of the molecule is CC(C)(C)c1ccc(N(C(=O)c2cnc[nH]2)C(C(=O)NC(O)(CO)Cc2ccccc2)c2cccnc2)cc1. The molecule has 39 heavy (non-hydrogen) atoms. The summed E-state index contributed by atoms with van der Waals surface area (Å²) in [6, 6.07) is 18.5. The van der Waals surface area contributed by atoms with Crippen LogP contribution in [0.5, 0.6) is 0 Å². The van der Waals surface area contributed by atoms with Crippen LogP contribution in [0.25, 0.3) is 0 Å². The molecule has 0 fully saturated rings. The minimum Gasteiger partial charge on any atom is -0.391 e. The van der Waals surface area contributed by atoms with Crippen LogP contribution < -0.4 is 10.2 Å². The van der Waals surface area contributed by atoms with Gasteiger partial charge in [-0.2, -0.15) is 0 Å². The summed E-state index contributed by atoms with van der Waals surface area (Å²) >= 11 is 0. The lowest BCUT2D eigenvalue weighted by Gasteiger charge is -2.35. The van der Waals surface area contributed by atoms with E-state index in [1.165, 1.54) is 23.6 Å². The number of carbonyl (C=O) groups is 2. The second-order valence-corrected chi connectivity index (χ2v) is 10.5. The number of aromatic nitrogens is 3. The summed E-state index contributed by atoms with van der Waals surface area (Å²) in [6.45, 7) is 5.53. The highest BCUT2D eigenvalue weighted by molar-refractivity contribution is 6.09. The zero-order chi connectivity index (χ0) is 28.0. The van der Waals surface area contributed by atoms with Crippen molar-refractivity contribution in [1.29, 1.82) is 0 Å². The van der Waals surface area contributed by atoms with E-state index in [0.717, 1.165) is 11.1 Å². The number of hydrogen-bond acceptors (Lipinski definition) is 6. The number of imidazole rings is 1. The Balaban J connectivity index is 1.78. The molecule has 0 radical (unpaired) electrons. The van der Waals surface area contributed by atoms with Crippen LogP contribution >= 0.6 is 0 Å². The number of anilines is 1. The number of benzene rings is 2. The molecule has 2 atom stereocenters. The molecule has 4 rings (SSSR count). The first-order valence-electron chi connectivity index (χ1n) is 12.6. The molecule has 2 unspecified atom stereocenters. The lowest BCUT2D eigenvalue weighted by atomic mass is 9.87. The number of amides is 2. The van der Waals surface area contributed by atoms with Gasteiger partial charge in [-0.3, -0.25) is 19.5 Å². The van der Waals surface area contributed by atoms with Gasteiger partial charge in [-0.25, -0.2) is 4.98 Å². The fourth-order valence-corrected chi connectivity index (χ4v) is 4.33. The number of pyridine rings is 1. The molecule has 0 saturated heterocycles. The van der Waals surface area contributed by atoms with E-state index in [4.69, 9.17) is 0 Å². The predicted octanol–water partition coefficient (Wildman–Crippen LogP) is 3.53. The summed E-state index contributed by atoms with van der Waals surface area (Å²) in [5.41, 5.74) is 0.739. The summed E-state index contributed by atoms with van der Waals surface area (Å²) in [4.78, 5) is 40.2. The molecule has 0 aliphatic rings. The normalized spacial score (nSPS) is 13.8. The summed E-state index contributed by atoms with van der Waals surface area (Å²) in [5.74, 6) is -1.20. The number of H-pyrrole nitrogens is 1. The number of nitrogens with zero attached hydrogens (tertiary/aromatic N) is 3. The second-order valence-electron chi connectivity index (χ2n) is 10.5. The summed E-state index contributed by atoms with van der Waals surface area (Å²) in [7, 11) is 0. The molecular weight excluding hydrogens is 494 g/mol. The van der Waals surface area contributed by atoms with Gasteiger partial charge in [0.05, 0.1) is 19.1 Å². The monoisotopic (exact) mass is 527 g/mol. The van der Waals surface area contributed by atoms with E-state index in [9.17, 15) is 19.8 Å². The van der Waals surface area contributed by atoms with Crippen LogP contribution in [0.15, 0.2) is 91.6 Å². The quantitative estimate of drug-likeness (QED) is 0.246. The lowest BCUT2D eigenvalue weighted by molar-refractivity contribution is -0.133. The van der Waals surface area contributed by atoms with Crippen LogP contribution in [0.1, 0.15) is 54.0 Å². The molecule has 2 aromatic heterocycles. The van der Waals surface area contributed by atoms with Gasteiger partial charge in [-0.1, -0.05) is 69.3 Å². The van der Waals surface area contributed by atoms with E-state index < -0.39 is 30.2 Å². The van der Waals surface area contributed by atoms with Crippen molar-refractivity contribution < 1.29 is 19.8 Å². The molecule has 4 aromatic rings. The average Bonchev–Trinajstić information content (AvgIpc) is 3.47. The number of aromatic amines is 1. The van der Waals surface area contributed by atoms with Crippen molar-refractivity contribution in [1.82, 2.24) is 20.3 Å². The van der Waals surface area contributed by atoms with Gasteiger partial charge < -0.3 is 20.5 Å². The van der Waals surface area contributed by atoms with Gasteiger partial charge in [0.1, 0.15) is 11.7 Å². The molecule has 0 aliphatic heterocycles. The maximum atomic E-state index is 14.0. The first kappa shape index (κ1) is 27.7. The minimum absolute atomic E-state index is 0.0371. The zero-order valence-corrected chi connectivity index (χ0v) is 22.2. The number of aliphatic hydroxyl groups is 2. The minimum atomic E-state index is -1.97. The van der Waals surface area contributed by atoms with Gasteiger partial charge in [0, 0.05) is 30.1 Å². The van der Waals surface area contributed by atoms with Crippen LogP contribution in [0.2, 0.25) is 0 Å². The topological polar surface area (TPSA) is 131 Å². The molecule has 0 spiro atoms. The van der Waals surface area contributed by atoms with Gasteiger partial charge in [0.2, 0.25) is 5.91 Å². The average molecular weight is 528 g/mol. The predicted molar refractivity (Wildman–Crippen MR) is 148 cm³/mol. The summed E-state index contributed by atoms with van der Waals surface area (Å²) in [5, 5.41) is 23.9. The molecule has 9 heteroatoms. The van der Waals surface area contributed by atoms with E-state index in [2.05, 4.69) is 41.0 Å². The van der Waals surface area contributed by atoms with Crippen molar-refractivity contribution in [3.05, 3.63) is 114 Å². The fraction of sp³-hybridized carbons (Fsp3) is 0.267. The summed E-state index contributed by atoms with van der Waals surface area (Å²) in [6.07, 6.45) is 5.80. The molecule has 0 bridgehead atoms. The molecule has 2 heterocycles. The van der Waals surface area contributed by atoms with E-state index in [1.54, 1.807) is 54.7 Å². The van der Waals surface area contributed by atoms with Crippen LogP contribution in [-0.4, -0.2) is 49.3 Å². The third kappa shape index (κ3) is 6.57. The van der Waals surface area contributed by atoms with E-state index in [-0.39, 0.29) is 17.5 Å². The standard InChI is InChI=1S/C30H33N5O4/c1-29(2,3)23-11-13-24(14-12-23)35(28(38)25-18-32-20-33-25)26(22-10-7-15-31-17-22)27(37)34-30(39,19-36)16-21-8-5-4-6-9-21/h4-15,17-18,20,26,36,39H,16,19H2,1-3H3,(H,32,33)(H,34,37). The highest BCUT2D eigenvalue weighted by atomic mass is 16.3. The van der Waals surface area contributed by atoms with Gasteiger partial charge in [0.15, 0.2) is 5.72 Å². The van der Waals surface area contributed by atoms with Crippen LogP contribution in [0.4, 0.5) is 5.69 Å². The third-order valence-corrected chi connectivity index (χ3v) is 6.42. The Morgan fingerprint density at radius 1 is 0.974 bits per heavy atom. The Labute approximate surface area is 227 Å². The van der Waals surface area contributed by atoms with E-state index in [0.29, 0.717) is 11.3 Å². The maximum absolute atomic E-state index is 14.0. The van der Waals surface area contributed by atoms with Crippen molar-refractivity contribution in [2.24, 2.45) is 0 Å². The number of rotatable bonds is 9. The Morgan fingerprint density at radius 2 is 1.69 bits per heavy atom. The van der Waals surface area contributed by atoms with Crippen LogP contribution in [0, 0.1) is 0 Å². The molecule has 0 aliphatic carbocycles. The number of carbonyl (C=O) groups excluding carboxylic acids is 2. The number of nitrogens with one attached hydrogen (secondary N) is 2. The lowest BCUT2D eigenvalue weighted by Crippen LogP contribution is -2.56. The van der Waals surface area contributed by atoms with Gasteiger partial charge in [-0.05, 0) is 34.7 Å². The number of hydrogen-bond donors (Lipinski definition) is 4. The Kier molecular flexibility index (Phi) is 8.23. The maximum Gasteiger partial charge on any atom is 0.277 e. The molecule has 9 nitrogen and oxygen atoms in total. The zero-order valence-electron chi connectivity index (χ0n) is 22.2. The highest BCUT2D eigenvalue weighted by Gasteiger charge is 2.38. The van der Waals surface area contributed by atoms with Gasteiger partial charge in [-0.15, -0.1) is 0 Å². The molecule has 0 saturated carbocycles. The van der Waals surface area contributed by atoms with Gasteiger partial charge in [0.25, 0.3) is 5.91 Å². The first-order valence-corrected chi connectivity index (χ1v) is 12.6. The fourth-order valence-electron chi connectivity index (χ4n) is 4.33. The van der Waals surface area contributed by atoms with Crippen molar-refractivity contribution in [2.45, 2.75) is 44.4 Å². The van der Waals surface area contributed by atoms with E-state index >= 15 is 0 Å². The third-order valence-electron chi connectivity index (χ3n) is 6.42. The molecule has 2 amide bonds. The molecular formula is C30H33N5O4. The van der Waals surface area contributed by atoms with Gasteiger partial charge >= 0.3 is 0 Å².